The second-order valence-electron chi connectivity index (χ2n) is 6.15. The predicted molar refractivity (Wildman–Crippen MR) is 108 cm³/mol. The molecule has 0 aliphatic rings. The third-order valence-corrected chi connectivity index (χ3v) is 5.08. The maximum Gasteiger partial charge on any atom is 0.258 e. The summed E-state index contributed by atoms with van der Waals surface area (Å²) in [6.45, 7) is 0. The third kappa shape index (κ3) is 3.32. The summed E-state index contributed by atoms with van der Waals surface area (Å²) in [7, 11) is -1.28. The lowest BCUT2D eigenvalue weighted by Gasteiger charge is -2.10. The van der Waals surface area contributed by atoms with Gasteiger partial charge >= 0.3 is 0 Å². The van der Waals surface area contributed by atoms with Crippen LogP contribution in [-0.4, -0.2) is 25.9 Å². The molecule has 1 heterocycles. The highest BCUT2D eigenvalue weighted by atomic mass is 32.2. The maximum atomic E-state index is 13.8. The van der Waals surface area contributed by atoms with Crippen molar-refractivity contribution < 1.29 is 13.4 Å². The van der Waals surface area contributed by atoms with Crippen molar-refractivity contribution >= 4 is 33.4 Å². The van der Waals surface area contributed by atoms with Crippen molar-refractivity contribution in [2.75, 3.05) is 11.6 Å². The van der Waals surface area contributed by atoms with Crippen LogP contribution in [0.4, 0.5) is 10.1 Å². The van der Waals surface area contributed by atoms with E-state index < -0.39 is 22.5 Å². The molecule has 1 unspecified atom stereocenters. The molecule has 0 radical (unpaired) electrons. The number of rotatable bonds is 4. The Morgan fingerprint density at radius 2 is 1.68 bits per heavy atom. The van der Waals surface area contributed by atoms with Crippen LogP contribution in [0.5, 0.6) is 0 Å². The maximum absolute atomic E-state index is 13.8. The van der Waals surface area contributed by atoms with Crippen LogP contribution < -0.4 is 5.32 Å². The quantitative estimate of drug-likeness (QED) is 0.566. The van der Waals surface area contributed by atoms with Crippen LogP contribution in [0.2, 0.25) is 0 Å². The van der Waals surface area contributed by atoms with E-state index in [-0.39, 0.29) is 5.56 Å². The Morgan fingerprint density at radius 3 is 2.39 bits per heavy atom. The molecule has 1 amide bonds. The molecule has 0 aliphatic carbocycles. The lowest BCUT2D eigenvalue weighted by atomic mass is 10.2. The van der Waals surface area contributed by atoms with Gasteiger partial charge in [-0.2, -0.15) is 0 Å². The van der Waals surface area contributed by atoms with Crippen molar-refractivity contribution in [2.24, 2.45) is 0 Å². The number of benzene rings is 3. The second-order valence-corrected chi connectivity index (χ2v) is 7.43. The summed E-state index contributed by atoms with van der Waals surface area (Å²) in [5.74, 6) is -1.09. The number of para-hydroxylation sites is 2. The van der Waals surface area contributed by atoms with Gasteiger partial charge in [0.25, 0.3) is 5.91 Å². The number of carbonyl (C=O) groups excluding carboxylic acids is 1. The molecule has 0 saturated carbocycles. The van der Waals surface area contributed by atoms with Crippen molar-refractivity contribution in [3.63, 3.8) is 0 Å². The summed E-state index contributed by atoms with van der Waals surface area (Å²) in [4.78, 5) is 16.7. The van der Waals surface area contributed by atoms with Crippen LogP contribution in [0.15, 0.2) is 78.0 Å². The van der Waals surface area contributed by atoms with Crippen LogP contribution >= 0.6 is 0 Å². The van der Waals surface area contributed by atoms with Gasteiger partial charge in [0.05, 0.1) is 27.4 Å². The van der Waals surface area contributed by atoms with Crippen molar-refractivity contribution in [1.82, 2.24) is 9.55 Å². The molecule has 1 N–H and O–H groups in total. The number of amides is 1. The Morgan fingerprint density at radius 1 is 1.00 bits per heavy atom. The molecule has 1 atom stereocenters. The Kier molecular flexibility index (Phi) is 4.75. The fraction of sp³-hybridized carbons (Fsp3) is 0.0476. The first-order valence-corrected chi connectivity index (χ1v) is 10.1. The van der Waals surface area contributed by atoms with Crippen LogP contribution in [0, 0.1) is 5.82 Å². The van der Waals surface area contributed by atoms with Gasteiger partial charge < -0.3 is 5.32 Å². The molecule has 7 heteroatoms. The molecule has 3 aromatic carbocycles. The monoisotopic (exact) mass is 393 g/mol. The van der Waals surface area contributed by atoms with Crippen molar-refractivity contribution in [3.05, 3.63) is 84.2 Å². The van der Waals surface area contributed by atoms with Crippen molar-refractivity contribution in [1.29, 1.82) is 0 Å². The fourth-order valence-corrected chi connectivity index (χ4v) is 3.67. The summed E-state index contributed by atoms with van der Waals surface area (Å²) in [6.07, 6.45) is 1.58. The van der Waals surface area contributed by atoms with E-state index in [0.717, 1.165) is 16.7 Å². The van der Waals surface area contributed by atoms with Crippen LogP contribution in [-0.2, 0) is 10.8 Å². The number of anilines is 1. The highest BCUT2D eigenvalue weighted by Crippen LogP contribution is 2.24. The first-order chi connectivity index (χ1) is 13.5. The summed E-state index contributed by atoms with van der Waals surface area (Å²) in [6, 6.07) is 20.4. The molecule has 1 aromatic heterocycles. The number of aromatic nitrogens is 2. The lowest BCUT2D eigenvalue weighted by molar-refractivity contribution is 0.102. The van der Waals surface area contributed by atoms with Crippen LogP contribution in [0.3, 0.4) is 0 Å². The molecule has 0 aliphatic heterocycles. The molecule has 0 fully saturated rings. The standard InChI is InChI=1S/C21H16FN3O2S/c1-28(27)21-24-18-8-4-5-9-19(18)25(21)15-12-10-14(11-13-15)23-20(26)16-6-2-3-7-17(16)22/h2-13H,1H3,(H,23,26). The highest BCUT2D eigenvalue weighted by molar-refractivity contribution is 7.84. The number of imidazole rings is 1. The number of hydrogen-bond donors (Lipinski definition) is 1. The van der Waals surface area contributed by atoms with Crippen molar-refractivity contribution in [3.8, 4) is 5.69 Å². The summed E-state index contributed by atoms with van der Waals surface area (Å²) < 4.78 is 27.7. The van der Waals surface area contributed by atoms with Gasteiger partial charge in [-0.1, -0.05) is 24.3 Å². The molecule has 140 valence electrons. The smallest absolute Gasteiger partial charge is 0.258 e. The minimum absolute atomic E-state index is 0.0177. The van der Waals surface area contributed by atoms with Gasteiger partial charge in [0.2, 0.25) is 5.16 Å². The van der Waals surface area contributed by atoms with Gasteiger partial charge in [0.1, 0.15) is 5.82 Å². The predicted octanol–water partition coefficient (Wildman–Crippen LogP) is 4.15. The Hall–Kier alpha value is -3.32. The minimum atomic E-state index is -1.28. The van der Waals surface area contributed by atoms with Gasteiger partial charge in [-0.15, -0.1) is 0 Å². The van der Waals surface area contributed by atoms with Gasteiger partial charge in [0.15, 0.2) is 0 Å². The molecule has 4 rings (SSSR count). The van der Waals surface area contributed by atoms with Gasteiger partial charge in [-0.25, -0.2) is 9.37 Å². The molecular weight excluding hydrogens is 377 g/mol. The summed E-state index contributed by atoms with van der Waals surface area (Å²) in [5.41, 5.74) is 2.87. The summed E-state index contributed by atoms with van der Waals surface area (Å²) >= 11 is 0. The topological polar surface area (TPSA) is 64.0 Å². The number of carbonyl (C=O) groups is 1. The van der Waals surface area contributed by atoms with Crippen molar-refractivity contribution in [2.45, 2.75) is 5.16 Å². The minimum Gasteiger partial charge on any atom is -0.322 e. The van der Waals surface area contributed by atoms with E-state index in [4.69, 9.17) is 0 Å². The third-order valence-electron chi connectivity index (χ3n) is 4.29. The Balaban J connectivity index is 1.67. The Labute approximate surface area is 163 Å². The molecule has 0 bridgehead atoms. The number of nitrogens with one attached hydrogen (secondary N) is 1. The van der Waals surface area contributed by atoms with Gasteiger partial charge in [-0.3, -0.25) is 13.6 Å². The number of halogens is 1. The zero-order chi connectivity index (χ0) is 19.7. The fourth-order valence-electron chi connectivity index (χ4n) is 2.98. The van der Waals surface area contributed by atoms with E-state index in [2.05, 4.69) is 10.3 Å². The zero-order valence-corrected chi connectivity index (χ0v) is 15.7. The molecule has 0 saturated heterocycles. The van der Waals surface area contributed by atoms with E-state index >= 15 is 0 Å². The van der Waals surface area contributed by atoms with E-state index in [1.165, 1.54) is 18.2 Å². The summed E-state index contributed by atoms with van der Waals surface area (Å²) in [5, 5.41) is 3.13. The highest BCUT2D eigenvalue weighted by Gasteiger charge is 2.15. The van der Waals surface area contributed by atoms with Crippen LogP contribution in [0.1, 0.15) is 10.4 Å². The van der Waals surface area contributed by atoms with E-state index in [0.29, 0.717) is 10.8 Å². The van der Waals surface area contributed by atoms with E-state index in [1.54, 1.807) is 36.6 Å². The Bertz CT molecular complexity index is 1200. The average Bonchev–Trinajstić information content (AvgIpc) is 3.09. The lowest BCUT2D eigenvalue weighted by Crippen LogP contribution is -2.13. The SMILES string of the molecule is CS(=O)c1nc2ccccc2n1-c1ccc(NC(=O)c2ccccc2F)cc1. The largest absolute Gasteiger partial charge is 0.322 e. The van der Waals surface area contributed by atoms with Gasteiger partial charge in [0, 0.05) is 17.6 Å². The molecule has 28 heavy (non-hydrogen) atoms. The van der Waals surface area contributed by atoms with Crippen LogP contribution in [0.25, 0.3) is 16.7 Å². The molecule has 5 nitrogen and oxygen atoms in total. The molecule has 0 spiro atoms. The van der Waals surface area contributed by atoms with E-state index in [9.17, 15) is 13.4 Å². The molecular formula is C21H16FN3O2S. The first-order valence-electron chi connectivity index (χ1n) is 8.52. The van der Waals surface area contributed by atoms with Gasteiger partial charge in [-0.05, 0) is 48.5 Å². The number of nitrogens with zero attached hydrogens (tertiary/aromatic N) is 2. The number of fused-ring (bicyclic) bond motifs is 1. The second kappa shape index (κ2) is 7.36. The normalized spacial score (nSPS) is 12.1. The average molecular weight is 393 g/mol. The first kappa shape index (κ1) is 18.1. The molecule has 4 aromatic rings. The zero-order valence-electron chi connectivity index (χ0n) is 14.9. The number of hydrogen-bond acceptors (Lipinski definition) is 3. The van der Waals surface area contributed by atoms with E-state index in [1.807, 2.05) is 28.8 Å².